The maximum Gasteiger partial charge on any atom is 0.222 e. The van der Waals surface area contributed by atoms with Crippen LogP contribution in [-0.2, 0) is 9.59 Å². The number of pyridine rings is 2. The fourth-order valence-electron chi connectivity index (χ4n) is 11.2. The molecule has 4 aliphatic heterocycles. The lowest BCUT2D eigenvalue weighted by atomic mass is 9.83. The molecule has 2 aliphatic carbocycles. The molecule has 0 spiro atoms. The number of nitrogens with one attached hydrogen (secondary N) is 2. The third-order valence-corrected chi connectivity index (χ3v) is 14.1. The first-order valence-corrected chi connectivity index (χ1v) is 20.8. The number of piperidine rings is 4. The van der Waals surface area contributed by atoms with Gasteiger partial charge in [-0.2, -0.15) is 10.5 Å². The molecule has 56 heavy (non-hydrogen) atoms. The summed E-state index contributed by atoms with van der Waals surface area (Å²) in [6.07, 6.45) is 7.05. The van der Waals surface area contributed by atoms with Crippen LogP contribution < -0.4 is 10.6 Å². The zero-order valence-electron chi connectivity index (χ0n) is 32.5. The highest BCUT2D eigenvalue weighted by Crippen LogP contribution is 2.52. The van der Waals surface area contributed by atoms with Crippen molar-refractivity contribution in [1.29, 1.82) is 10.5 Å². The first-order valence-electron chi connectivity index (χ1n) is 20.8. The zero-order valence-corrected chi connectivity index (χ0v) is 32.5. The molecule has 4 aromatic rings. The van der Waals surface area contributed by atoms with E-state index < -0.39 is 0 Å². The Bertz CT molecular complexity index is 2070. The average molecular weight is 749 g/mol. The molecule has 2 unspecified atom stereocenters. The van der Waals surface area contributed by atoms with Crippen LogP contribution >= 0.6 is 0 Å². The number of fused-ring (bicyclic) bond motifs is 4. The van der Waals surface area contributed by atoms with Crippen molar-refractivity contribution in [1.82, 2.24) is 30.4 Å². The Hall–Kier alpha value is -4.90. The molecule has 2 N–H and O–H groups in total. The highest BCUT2D eigenvalue weighted by molar-refractivity contribution is 5.88. The predicted molar refractivity (Wildman–Crippen MR) is 215 cm³/mol. The summed E-state index contributed by atoms with van der Waals surface area (Å²) in [6, 6.07) is 20.4. The van der Waals surface area contributed by atoms with E-state index in [-0.39, 0.29) is 0 Å². The molecule has 0 bridgehead atoms. The first-order chi connectivity index (χ1) is 27.3. The molecule has 6 heterocycles. The Morgan fingerprint density at radius 3 is 1.45 bits per heavy atom. The van der Waals surface area contributed by atoms with Crippen LogP contribution in [0.15, 0.2) is 60.9 Å². The third kappa shape index (κ3) is 7.03. The minimum absolute atomic E-state index is 0.299. The molecule has 2 aromatic heterocycles. The highest BCUT2D eigenvalue weighted by Gasteiger charge is 2.54. The number of likely N-dealkylation sites (tertiary alicyclic amines) is 2. The van der Waals surface area contributed by atoms with Crippen LogP contribution in [0, 0.1) is 70.0 Å². The quantitative estimate of drug-likeness (QED) is 0.252. The van der Waals surface area contributed by atoms with Crippen LogP contribution in [0.4, 0.5) is 0 Å². The smallest absolute Gasteiger partial charge is 0.222 e. The summed E-state index contributed by atoms with van der Waals surface area (Å²) < 4.78 is 0. The fraction of sp³-hybridized carbons (Fsp3) is 0.522. The lowest BCUT2D eigenvalue weighted by molar-refractivity contribution is -0.134. The second-order valence-electron chi connectivity index (χ2n) is 17.8. The minimum Gasteiger partial charge on any atom is -0.342 e. The number of aromatic nitrogens is 2. The van der Waals surface area contributed by atoms with Gasteiger partial charge in [0.25, 0.3) is 0 Å². The number of nitriles is 2. The number of carbonyl (C=O) groups excluding carboxylic acids is 2. The van der Waals surface area contributed by atoms with E-state index in [2.05, 4.69) is 80.7 Å². The van der Waals surface area contributed by atoms with Crippen molar-refractivity contribution in [2.45, 2.75) is 51.4 Å². The number of benzene rings is 2. The molecule has 6 aliphatic rings. The number of nitrogens with zero attached hydrogens (tertiary/aromatic N) is 6. The van der Waals surface area contributed by atoms with Crippen molar-refractivity contribution in [3.8, 4) is 12.1 Å². The third-order valence-electron chi connectivity index (χ3n) is 14.1. The van der Waals surface area contributed by atoms with Gasteiger partial charge in [0.1, 0.15) is 12.1 Å². The van der Waals surface area contributed by atoms with Gasteiger partial charge in [-0.15, -0.1) is 0 Å². The largest absolute Gasteiger partial charge is 0.342 e. The molecule has 288 valence electrons. The van der Waals surface area contributed by atoms with Crippen LogP contribution in [0.1, 0.15) is 73.6 Å². The van der Waals surface area contributed by atoms with Gasteiger partial charge in [-0.25, -0.2) is 0 Å². The number of hydrogen-bond acceptors (Lipinski definition) is 8. The van der Waals surface area contributed by atoms with E-state index in [9.17, 15) is 20.1 Å². The van der Waals surface area contributed by atoms with Gasteiger partial charge in [-0.1, -0.05) is 38.1 Å². The molecule has 0 radical (unpaired) electrons. The molecular weight excluding hydrogens is 697 g/mol. The SMILES string of the molecule is C[C@@H]1C[C@@H](c2ccc(C#N)c3ncccc23)CN(C(=O)CC2[C@H]3CNC[C@@H]23)C1.C[C@@H]1C[C@@H](c2ccc(C#N)c3ncccc23)CN(C(=O)CC2[C@H]3CNC[C@@H]23)C1. The van der Waals surface area contributed by atoms with E-state index in [0.717, 1.165) is 111 Å². The summed E-state index contributed by atoms with van der Waals surface area (Å²) in [5.41, 5.74) is 5.22. The number of carbonyl (C=O) groups is 2. The lowest BCUT2D eigenvalue weighted by Gasteiger charge is -2.37. The van der Waals surface area contributed by atoms with Gasteiger partial charge < -0.3 is 20.4 Å². The van der Waals surface area contributed by atoms with Crippen molar-refractivity contribution in [2.75, 3.05) is 52.4 Å². The highest BCUT2D eigenvalue weighted by atomic mass is 16.2. The number of hydrogen-bond donors (Lipinski definition) is 2. The second-order valence-corrected chi connectivity index (χ2v) is 17.8. The summed E-state index contributed by atoms with van der Waals surface area (Å²) in [6.45, 7) is 12.1. The second kappa shape index (κ2) is 15.2. The van der Waals surface area contributed by atoms with Crippen molar-refractivity contribution in [3.63, 3.8) is 0 Å². The van der Waals surface area contributed by atoms with Crippen molar-refractivity contribution >= 4 is 33.6 Å². The number of amides is 2. The number of rotatable bonds is 6. The van der Waals surface area contributed by atoms with Gasteiger partial charge in [-0.05, 0) is 122 Å². The van der Waals surface area contributed by atoms with Crippen molar-refractivity contribution in [3.05, 3.63) is 83.2 Å². The summed E-state index contributed by atoms with van der Waals surface area (Å²) in [4.78, 5) is 39.1. The van der Waals surface area contributed by atoms with Crippen LogP contribution in [0.2, 0.25) is 0 Å². The van der Waals surface area contributed by atoms with Gasteiger partial charge in [0.15, 0.2) is 0 Å². The van der Waals surface area contributed by atoms with Crippen LogP contribution in [-0.4, -0.2) is 83.9 Å². The van der Waals surface area contributed by atoms with Crippen LogP contribution in [0.5, 0.6) is 0 Å². The molecule has 10 heteroatoms. The molecule has 6 fully saturated rings. The minimum atomic E-state index is 0.299. The Balaban J connectivity index is 0.000000146. The molecule has 2 aromatic carbocycles. The van der Waals surface area contributed by atoms with Crippen molar-refractivity contribution < 1.29 is 9.59 Å². The van der Waals surface area contributed by atoms with E-state index in [1.165, 1.54) is 11.1 Å². The molecule has 2 saturated carbocycles. The normalized spacial score (nSPS) is 31.4. The maximum absolute atomic E-state index is 13.0. The maximum atomic E-state index is 13.0. The summed E-state index contributed by atoms with van der Waals surface area (Å²) >= 11 is 0. The molecule has 2 amide bonds. The van der Waals surface area contributed by atoms with E-state index >= 15 is 0 Å². The average Bonchev–Trinajstić information content (AvgIpc) is 3.80. The molecule has 10 atom stereocenters. The summed E-state index contributed by atoms with van der Waals surface area (Å²) in [7, 11) is 0. The Morgan fingerprint density at radius 2 is 1.05 bits per heavy atom. The Labute approximate surface area is 329 Å². The Morgan fingerprint density at radius 1 is 0.643 bits per heavy atom. The topological polar surface area (TPSA) is 138 Å². The standard InChI is InChI=1S/2C23H26N4O/c2*1-14-7-16(17-5-4-15(9-24)23-18(17)3-2-6-26-23)13-27(12-14)22(28)8-19-20-10-25-11-21(19)20/h2*2-6,14,16,19-21,25H,7-8,10-13H2,1H3/t2*14-,16-,19?,20-,21+/m11/s1. The zero-order chi connectivity index (χ0) is 38.5. The Kier molecular flexibility index (Phi) is 9.98. The van der Waals surface area contributed by atoms with E-state index in [0.29, 0.717) is 71.3 Å². The van der Waals surface area contributed by atoms with Crippen molar-refractivity contribution in [2.24, 2.45) is 47.3 Å². The van der Waals surface area contributed by atoms with E-state index in [4.69, 9.17) is 0 Å². The van der Waals surface area contributed by atoms with Gasteiger partial charge in [0, 0.05) is 74.0 Å². The van der Waals surface area contributed by atoms with Gasteiger partial charge >= 0.3 is 0 Å². The molecule has 4 saturated heterocycles. The van der Waals surface area contributed by atoms with E-state index in [1.54, 1.807) is 12.4 Å². The molecular formula is C46H52N8O2. The lowest BCUT2D eigenvalue weighted by Crippen LogP contribution is -2.43. The monoisotopic (exact) mass is 748 g/mol. The predicted octanol–water partition coefficient (Wildman–Crippen LogP) is 5.83. The summed E-state index contributed by atoms with van der Waals surface area (Å²) in [5.74, 6) is 6.33. The van der Waals surface area contributed by atoms with Crippen LogP contribution in [0.3, 0.4) is 0 Å². The van der Waals surface area contributed by atoms with Gasteiger partial charge in [-0.3, -0.25) is 19.6 Å². The molecule has 10 nitrogen and oxygen atoms in total. The summed E-state index contributed by atoms with van der Waals surface area (Å²) in [5, 5.41) is 27.7. The fourth-order valence-corrected chi connectivity index (χ4v) is 11.2. The molecule has 10 rings (SSSR count). The first kappa shape index (κ1) is 36.7. The van der Waals surface area contributed by atoms with Gasteiger partial charge in [0.05, 0.1) is 22.2 Å². The van der Waals surface area contributed by atoms with Gasteiger partial charge in [0.2, 0.25) is 11.8 Å². The van der Waals surface area contributed by atoms with Crippen LogP contribution in [0.25, 0.3) is 21.8 Å². The van der Waals surface area contributed by atoms with E-state index in [1.807, 2.05) is 24.3 Å².